The predicted octanol–water partition coefficient (Wildman–Crippen LogP) is 0.446. The van der Waals surface area contributed by atoms with E-state index in [-0.39, 0.29) is 12.3 Å². The number of benzene rings is 1. The Hall–Kier alpha value is -2.08. The molecule has 1 amide bonds. The zero-order chi connectivity index (χ0) is 15.4. The van der Waals surface area contributed by atoms with Crippen LogP contribution in [0.15, 0.2) is 24.3 Å². The molecule has 2 rings (SSSR count). The van der Waals surface area contributed by atoms with Gasteiger partial charge in [0.05, 0.1) is 12.5 Å². The Labute approximate surface area is 124 Å². The van der Waals surface area contributed by atoms with E-state index in [0.29, 0.717) is 13.1 Å². The maximum atomic E-state index is 12.0. The number of carbonyl (C=O) groups is 2. The van der Waals surface area contributed by atoms with Crippen molar-refractivity contribution in [2.24, 2.45) is 5.73 Å². The van der Waals surface area contributed by atoms with Crippen LogP contribution in [0.1, 0.15) is 12.0 Å². The molecular formula is C15H21N3O3. The van der Waals surface area contributed by atoms with Crippen molar-refractivity contribution in [3.05, 3.63) is 29.8 Å². The standard InChI is InChI=1S/C15H21N3O3/c1-11-3-2-4-12(9-11)17-5-7-18(8-6-17)15(21)13(16)10-14(19)20/h2-4,9,13H,5-8,10,16H2,1H3,(H,19,20). The number of amides is 1. The minimum atomic E-state index is -1.05. The van der Waals surface area contributed by atoms with E-state index in [9.17, 15) is 9.59 Å². The smallest absolute Gasteiger partial charge is 0.305 e. The molecule has 1 unspecified atom stereocenters. The number of anilines is 1. The van der Waals surface area contributed by atoms with Gasteiger partial charge in [0.15, 0.2) is 0 Å². The second kappa shape index (κ2) is 6.58. The van der Waals surface area contributed by atoms with E-state index in [0.717, 1.165) is 18.8 Å². The summed E-state index contributed by atoms with van der Waals surface area (Å²) < 4.78 is 0. The number of carboxylic acid groups (broad SMARTS) is 1. The molecular weight excluding hydrogens is 270 g/mol. The summed E-state index contributed by atoms with van der Waals surface area (Å²) in [4.78, 5) is 26.5. The van der Waals surface area contributed by atoms with Gasteiger partial charge in [-0.15, -0.1) is 0 Å². The van der Waals surface area contributed by atoms with Crippen LogP contribution < -0.4 is 10.6 Å². The van der Waals surface area contributed by atoms with Crippen LogP contribution in [0.3, 0.4) is 0 Å². The molecule has 21 heavy (non-hydrogen) atoms. The summed E-state index contributed by atoms with van der Waals surface area (Å²) in [5.74, 6) is -1.32. The number of nitrogens with zero attached hydrogens (tertiary/aromatic N) is 2. The second-order valence-corrected chi connectivity index (χ2v) is 5.36. The SMILES string of the molecule is Cc1cccc(N2CCN(C(=O)C(N)CC(=O)O)CC2)c1. The van der Waals surface area contributed by atoms with Gasteiger partial charge in [-0.2, -0.15) is 0 Å². The highest BCUT2D eigenvalue weighted by Gasteiger charge is 2.26. The van der Waals surface area contributed by atoms with Crippen LogP contribution in [0.25, 0.3) is 0 Å². The molecule has 1 aromatic rings. The van der Waals surface area contributed by atoms with Gasteiger partial charge >= 0.3 is 5.97 Å². The fourth-order valence-electron chi connectivity index (χ4n) is 2.52. The molecule has 114 valence electrons. The summed E-state index contributed by atoms with van der Waals surface area (Å²) in [6, 6.07) is 7.29. The number of carbonyl (C=O) groups excluding carboxylic acids is 1. The lowest BCUT2D eigenvalue weighted by molar-refractivity contribution is -0.142. The second-order valence-electron chi connectivity index (χ2n) is 5.36. The lowest BCUT2D eigenvalue weighted by Gasteiger charge is -2.37. The van der Waals surface area contributed by atoms with Crippen LogP contribution in [0.4, 0.5) is 5.69 Å². The van der Waals surface area contributed by atoms with E-state index in [1.807, 2.05) is 19.1 Å². The van der Waals surface area contributed by atoms with Gasteiger partial charge in [-0.05, 0) is 24.6 Å². The Bertz CT molecular complexity index is 525. The van der Waals surface area contributed by atoms with Crippen LogP contribution in [-0.4, -0.2) is 54.1 Å². The molecule has 1 heterocycles. The Kier molecular flexibility index (Phi) is 4.80. The highest BCUT2D eigenvalue weighted by atomic mass is 16.4. The molecule has 0 aliphatic carbocycles. The number of piperazine rings is 1. The third kappa shape index (κ3) is 3.95. The third-order valence-corrected chi connectivity index (χ3v) is 3.67. The predicted molar refractivity (Wildman–Crippen MR) is 80.2 cm³/mol. The number of nitrogens with two attached hydrogens (primary N) is 1. The summed E-state index contributed by atoms with van der Waals surface area (Å²) >= 11 is 0. The third-order valence-electron chi connectivity index (χ3n) is 3.67. The Morgan fingerprint density at radius 1 is 1.29 bits per heavy atom. The summed E-state index contributed by atoms with van der Waals surface area (Å²) in [7, 11) is 0. The number of rotatable bonds is 4. The maximum Gasteiger partial charge on any atom is 0.305 e. The average Bonchev–Trinajstić information content (AvgIpc) is 2.46. The normalized spacial score (nSPS) is 16.7. The fourth-order valence-corrected chi connectivity index (χ4v) is 2.52. The van der Waals surface area contributed by atoms with Crippen molar-refractivity contribution in [1.29, 1.82) is 0 Å². The van der Waals surface area contributed by atoms with Crippen molar-refractivity contribution in [3.8, 4) is 0 Å². The van der Waals surface area contributed by atoms with Crippen molar-refractivity contribution in [1.82, 2.24) is 4.90 Å². The first-order chi connectivity index (χ1) is 9.97. The molecule has 1 saturated heterocycles. The van der Waals surface area contributed by atoms with Gasteiger partial charge in [-0.1, -0.05) is 12.1 Å². The summed E-state index contributed by atoms with van der Waals surface area (Å²) in [6.45, 7) is 4.65. The van der Waals surface area contributed by atoms with Gasteiger partial charge in [0, 0.05) is 31.9 Å². The molecule has 1 fully saturated rings. The Morgan fingerprint density at radius 2 is 1.95 bits per heavy atom. The van der Waals surface area contributed by atoms with E-state index in [1.165, 1.54) is 5.56 Å². The maximum absolute atomic E-state index is 12.0. The minimum Gasteiger partial charge on any atom is -0.481 e. The summed E-state index contributed by atoms with van der Waals surface area (Å²) in [5, 5.41) is 8.69. The number of aliphatic carboxylic acids is 1. The quantitative estimate of drug-likeness (QED) is 0.841. The highest BCUT2D eigenvalue weighted by molar-refractivity contribution is 5.86. The molecule has 6 nitrogen and oxygen atoms in total. The first-order valence-electron chi connectivity index (χ1n) is 7.05. The fraction of sp³-hybridized carbons (Fsp3) is 0.467. The van der Waals surface area contributed by atoms with Crippen LogP contribution in [0, 0.1) is 6.92 Å². The topological polar surface area (TPSA) is 86.9 Å². The van der Waals surface area contributed by atoms with Gasteiger partial charge in [-0.25, -0.2) is 0 Å². The molecule has 0 spiro atoms. The molecule has 6 heteroatoms. The first kappa shape index (κ1) is 15.3. The lowest BCUT2D eigenvalue weighted by atomic mass is 10.1. The first-order valence-corrected chi connectivity index (χ1v) is 7.05. The number of carboxylic acids is 1. The summed E-state index contributed by atoms with van der Waals surface area (Å²) in [5.41, 5.74) is 7.98. The Balaban J connectivity index is 1.91. The molecule has 1 aliphatic rings. The molecule has 1 aromatic carbocycles. The van der Waals surface area contributed by atoms with E-state index >= 15 is 0 Å². The zero-order valence-electron chi connectivity index (χ0n) is 12.2. The molecule has 0 saturated carbocycles. The highest BCUT2D eigenvalue weighted by Crippen LogP contribution is 2.18. The van der Waals surface area contributed by atoms with Crippen LogP contribution in [0.2, 0.25) is 0 Å². The van der Waals surface area contributed by atoms with Gasteiger partial charge in [0.2, 0.25) is 5.91 Å². The number of hydrogen-bond donors (Lipinski definition) is 2. The monoisotopic (exact) mass is 291 g/mol. The van der Waals surface area contributed by atoms with Gasteiger partial charge in [0.25, 0.3) is 0 Å². The average molecular weight is 291 g/mol. The molecule has 1 atom stereocenters. The lowest BCUT2D eigenvalue weighted by Crippen LogP contribution is -2.53. The van der Waals surface area contributed by atoms with Crippen LogP contribution >= 0.6 is 0 Å². The molecule has 3 N–H and O–H groups in total. The number of hydrogen-bond acceptors (Lipinski definition) is 4. The largest absolute Gasteiger partial charge is 0.481 e. The van der Waals surface area contributed by atoms with E-state index in [4.69, 9.17) is 10.8 Å². The summed E-state index contributed by atoms with van der Waals surface area (Å²) in [6.07, 6.45) is -0.322. The van der Waals surface area contributed by atoms with Crippen molar-refractivity contribution >= 4 is 17.6 Å². The van der Waals surface area contributed by atoms with Crippen LogP contribution in [-0.2, 0) is 9.59 Å². The molecule has 0 aromatic heterocycles. The van der Waals surface area contributed by atoms with E-state index < -0.39 is 12.0 Å². The van der Waals surface area contributed by atoms with Crippen molar-refractivity contribution in [2.45, 2.75) is 19.4 Å². The van der Waals surface area contributed by atoms with Crippen molar-refractivity contribution in [2.75, 3.05) is 31.1 Å². The molecule has 0 bridgehead atoms. The Morgan fingerprint density at radius 3 is 2.52 bits per heavy atom. The van der Waals surface area contributed by atoms with Gasteiger partial charge < -0.3 is 20.6 Å². The van der Waals surface area contributed by atoms with Gasteiger partial charge in [0.1, 0.15) is 0 Å². The van der Waals surface area contributed by atoms with Crippen LogP contribution in [0.5, 0.6) is 0 Å². The van der Waals surface area contributed by atoms with Gasteiger partial charge in [-0.3, -0.25) is 9.59 Å². The van der Waals surface area contributed by atoms with Crippen molar-refractivity contribution in [3.63, 3.8) is 0 Å². The minimum absolute atomic E-state index is 0.277. The zero-order valence-corrected chi connectivity index (χ0v) is 12.2. The van der Waals surface area contributed by atoms with Crippen molar-refractivity contribution < 1.29 is 14.7 Å². The van der Waals surface area contributed by atoms with E-state index in [2.05, 4.69) is 17.0 Å². The van der Waals surface area contributed by atoms with E-state index in [1.54, 1.807) is 4.90 Å². The molecule has 0 radical (unpaired) electrons. The molecule has 1 aliphatic heterocycles. The number of aryl methyl sites for hydroxylation is 1.